The van der Waals surface area contributed by atoms with Gasteiger partial charge in [0.25, 0.3) is 0 Å². The molecule has 0 heterocycles. The molecule has 2 aliphatic carbocycles. The topological polar surface area (TPSA) is 0 Å². The van der Waals surface area contributed by atoms with Crippen LogP contribution in [0.2, 0.25) is 0 Å². The largest absolute Gasteiger partial charge is 0.0908 e. The van der Waals surface area contributed by atoms with Crippen LogP contribution in [0.1, 0.15) is 70.6 Å². The highest BCUT2D eigenvalue weighted by molar-refractivity contribution is 5.90. The minimum Gasteiger partial charge on any atom is -0.0908 e. The summed E-state index contributed by atoms with van der Waals surface area (Å²) in [6, 6.07) is 6.71. The fraction of sp³-hybridized carbons (Fsp3) is 0.385. The molecule has 0 radical (unpaired) electrons. The Morgan fingerprint density at radius 3 is 2.69 bits per heavy atom. The van der Waals surface area contributed by atoms with Crippen molar-refractivity contribution < 1.29 is 0 Å². The van der Waals surface area contributed by atoms with E-state index in [2.05, 4.69) is 89.8 Å². The molecule has 3 rings (SSSR count). The number of hydrogen-bond acceptors (Lipinski definition) is 0. The van der Waals surface area contributed by atoms with E-state index in [1.807, 2.05) is 0 Å². The molecule has 1 atom stereocenters. The van der Waals surface area contributed by atoms with Gasteiger partial charge in [-0.25, -0.2) is 0 Å². The van der Waals surface area contributed by atoms with Gasteiger partial charge in [-0.15, -0.1) is 0 Å². The van der Waals surface area contributed by atoms with Gasteiger partial charge in [0.1, 0.15) is 0 Å². The average Bonchev–Trinajstić information content (AvgIpc) is 2.61. The Labute approximate surface area is 159 Å². The second kappa shape index (κ2) is 7.27. The van der Waals surface area contributed by atoms with E-state index >= 15 is 0 Å². The van der Waals surface area contributed by atoms with Crippen molar-refractivity contribution in [1.82, 2.24) is 0 Å². The number of fused-ring (bicyclic) bond motifs is 1. The maximum Gasteiger partial charge on any atom is 0.0158 e. The van der Waals surface area contributed by atoms with E-state index in [1.54, 1.807) is 0 Å². The Hall–Kier alpha value is -2.08. The van der Waals surface area contributed by atoms with Crippen molar-refractivity contribution in [2.45, 2.75) is 59.3 Å². The smallest absolute Gasteiger partial charge is 0.0158 e. The van der Waals surface area contributed by atoms with Gasteiger partial charge >= 0.3 is 0 Å². The molecule has 26 heavy (non-hydrogen) atoms. The first-order valence-electron chi connectivity index (χ1n) is 9.96. The third-order valence-electron chi connectivity index (χ3n) is 5.97. The Kier molecular flexibility index (Phi) is 5.23. The van der Waals surface area contributed by atoms with Gasteiger partial charge in [-0.3, -0.25) is 0 Å². The third-order valence-corrected chi connectivity index (χ3v) is 5.97. The summed E-state index contributed by atoms with van der Waals surface area (Å²) in [6.07, 6.45) is 14.8. The van der Waals surface area contributed by atoms with Gasteiger partial charge in [0, 0.05) is 5.41 Å². The normalized spacial score (nSPS) is 22.0. The van der Waals surface area contributed by atoms with Gasteiger partial charge < -0.3 is 0 Å². The van der Waals surface area contributed by atoms with E-state index in [0.29, 0.717) is 5.92 Å². The Morgan fingerprint density at radius 1 is 1.23 bits per heavy atom. The van der Waals surface area contributed by atoms with Crippen molar-refractivity contribution >= 4 is 11.6 Å². The van der Waals surface area contributed by atoms with E-state index in [-0.39, 0.29) is 5.41 Å². The molecule has 0 aromatic heterocycles. The van der Waals surface area contributed by atoms with Gasteiger partial charge in [0.2, 0.25) is 0 Å². The molecule has 136 valence electrons. The number of rotatable bonds is 4. The summed E-state index contributed by atoms with van der Waals surface area (Å²) in [5.41, 5.74) is 9.76. The first-order chi connectivity index (χ1) is 12.4. The highest BCUT2D eigenvalue weighted by Crippen LogP contribution is 2.53. The second-order valence-corrected chi connectivity index (χ2v) is 8.10. The lowest BCUT2D eigenvalue weighted by molar-refractivity contribution is 0.557. The molecule has 0 heteroatoms. The molecular weight excluding hydrogens is 312 g/mol. The van der Waals surface area contributed by atoms with Gasteiger partial charge in [0.15, 0.2) is 0 Å². The van der Waals surface area contributed by atoms with Crippen molar-refractivity contribution in [3.63, 3.8) is 0 Å². The predicted octanol–water partition coefficient (Wildman–Crippen LogP) is 7.64. The Morgan fingerprint density at radius 2 is 2.00 bits per heavy atom. The fourth-order valence-electron chi connectivity index (χ4n) is 4.84. The van der Waals surface area contributed by atoms with E-state index in [9.17, 15) is 0 Å². The molecule has 1 unspecified atom stereocenters. The zero-order valence-electron chi connectivity index (χ0n) is 17.0. The lowest BCUT2D eigenvalue weighted by Gasteiger charge is -2.43. The SMILES string of the molecule is C=C1C2=C(C(C)=CCC2CC=CCC)C(C)(C)c2cccc(/C=C\C)c21. The van der Waals surface area contributed by atoms with Crippen LogP contribution >= 0.6 is 0 Å². The molecule has 0 saturated carbocycles. The minimum absolute atomic E-state index is 0.0111. The minimum atomic E-state index is 0.0111. The molecule has 0 saturated heterocycles. The second-order valence-electron chi connectivity index (χ2n) is 8.10. The van der Waals surface area contributed by atoms with Gasteiger partial charge in [-0.2, -0.15) is 0 Å². The number of allylic oxidation sites excluding steroid dienone is 8. The number of benzene rings is 1. The molecule has 1 aromatic carbocycles. The fourth-order valence-corrected chi connectivity index (χ4v) is 4.84. The Balaban J connectivity index is 2.21. The Bertz CT molecular complexity index is 837. The summed E-state index contributed by atoms with van der Waals surface area (Å²) < 4.78 is 0. The van der Waals surface area contributed by atoms with Gasteiger partial charge in [-0.1, -0.05) is 81.5 Å². The predicted molar refractivity (Wildman–Crippen MR) is 116 cm³/mol. The van der Waals surface area contributed by atoms with E-state index in [4.69, 9.17) is 0 Å². The maximum atomic E-state index is 4.62. The monoisotopic (exact) mass is 344 g/mol. The summed E-state index contributed by atoms with van der Waals surface area (Å²) in [6.45, 7) is 16.0. The van der Waals surface area contributed by atoms with Crippen LogP contribution in [0.5, 0.6) is 0 Å². The lowest BCUT2D eigenvalue weighted by atomic mass is 9.60. The van der Waals surface area contributed by atoms with Crippen LogP contribution in [-0.2, 0) is 5.41 Å². The van der Waals surface area contributed by atoms with Crippen molar-refractivity contribution in [1.29, 1.82) is 0 Å². The van der Waals surface area contributed by atoms with Crippen molar-refractivity contribution in [3.8, 4) is 0 Å². The van der Waals surface area contributed by atoms with Crippen molar-refractivity contribution in [2.24, 2.45) is 5.92 Å². The third kappa shape index (κ3) is 2.96. The first-order valence-corrected chi connectivity index (χ1v) is 9.96. The zero-order chi connectivity index (χ0) is 18.9. The lowest BCUT2D eigenvalue weighted by Crippen LogP contribution is -2.32. The van der Waals surface area contributed by atoms with Crippen LogP contribution in [0.4, 0.5) is 0 Å². The first kappa shape index (κ1) is 18.7. The molecule has 0 amide bonds. The molecule has 0 fully saturated rings. The van der Waals surface area contributed by atoms with Crippen molar-refractivity contribution in [2.75, 3.05) is 0 Å². The summed E-state index contributed by atoms with van der Waals surface area (Å²) in [5.74, 6) is 0.537. The molecule has 0 aliphatic heterocycles. The number of hydrogen-bond donors (Lipinski definition) is 0. The highest BCUT2D eigenvalue weighted by atomic mass is 14.4. The summed E-state index contributed by atoms with van der Waals surface area (Å²) in [7, 11) is 0. The summed E-state index contributed by atoms with van der Waals surface area (Å²) in [5, 5.41) is 0. The quantitative estimate of drug-likeness (QED) is 0.492. The molecule has 2 aliphatic rings. The molecule has 0 nitrogen and oxygen atoms in total. The molecular formula is C26H32. The van der Waals surface area contributed by atoms with E-state index < -0.39 is 0 Å². The summed E-state index contributed by atoms with van der Waals surface area (Å²) >= 11 is 0. The molecule has 0 bridgehead atoms. The summed E-state index contributed by atoms with van der Waals surface area (Å²) in [4.78, 5) is 0. The molecule has 0 spiro atoms. The molecule has 1 aromatic rings. The van der Waals surface area contributed by atoms with E-state index in [0.717, 1.165) is 19.3 Å². The molecule has 0 N–H and O–H groups in total. The standard InChI is InChI=1S/C26H32/c1-7-9-10-13-21-17-16-18(3)25-24(21)19(4)23-20(12-8-2)14-11-15-22(23)26(25,5)6/h8-12,14-16,21H,4,7,13,17H2,1-3,5-6H3/b10-9?,12-8-. The average molecular weight is 345 g/mol. The van der Waals surface area contributed by atoms with Crippen LogP contribution in [0, 0.1) is 5.92 Å². The van der Waals surface area contributed by atoms with Crippen LogP contribution in [-0.4, -0.2) is 0 Å². The van der Waals surface area contributed by atoms with Gasteiger partial charge in [-0.05, 0) is 72.4 Å². The maximum absolute atomic E-state index is 4.62. The van der Waals surface area contributed by atoms with Crippen LogP contribution < -0.4 is 0 Å². The van der Waals surface area contributed by atoms with Crippen molar-refractivity contribution in [3.05, 3.63) is 82.5 Å². The van der Waals surface area contributed by atoms with Crippen LogP contribution in [0.15, 0.2) is 65.8 Å². The van der Waals surface area contributed by atoms with Gasteiger partial charge in [0.05, 0.1) is 0 Å². The zero-order valence-corrected chi connectivity index (χ0v) is 17.0. The van der Waals surface area contributed by atoms with Crippen LogP contribution in [0.25, 0.3) is 11.6 Å². The van der Waals surface area contributed by atoms with E-state index in [1.165, 1.54) is 39.0 Å². The van der Waals surface area contributed by atoms with Crippen LogP contribution in [0.3, 0.4) is 0 Å². The highest BCUT2D eigenvalue weighted by Gasteiger charge is 2.40.